The van der Waals surface area contributed by atoms with E-state index in [1.807, 2.05) is 36.4 Å². The second-order valence-corrected chi connectivity index (χ2v) is 4.44. The van der Waals surface area contributed by atoms with Crippen LogP contribution in [-0.2, 0) is 11.3 Å². The summed E-state index contributed by atoms with van der Waals surface area (Å²) in [6.45, 7) is 1.01. The van der Waals surface area contributed by atoms with E-state index >= 15 is 0 Å². The summed E-state index contributed by atoms with van der Waals surface area (Å²) < 4.78 is 5.44. The Kier molecular flexibility index (Phi) is 9.25. The molecule has 1 atom stereocenters. The number of rotatable bonds is 8. The summed E-state index contributed by atoms with van der Waals surface area (Å²) in [7, 11) is 0. The van der Waals surface area contributed by atoms with Crippen molar-refractivity contribution in [1.29, 1.82) is 0 Å². The number of hydrogen-bond acceptors (Lipinski definition) is 3. The molecule has 0 radical (unpaired) electrons. The van der Waals surface area contributed by atoms with Crippen LogP contribution in [0, 0.1) is 11.8 Å². The van der Waals surface area contributed by atoms with Crippen LogP contribution in [0.1, 0.15) is 24.8 Å². The van der Waals surface area contributed by atoms with Crippen LogP contribution < -0.4 is 0 Å². The average Bonchev–Trinajstić information content (AvgIpc) is 2.47. The number of hydrogen-bond donors (Lipinski definition) is 2. The molecule has 20 heavy (non-hydrogen) atoms. The van der Waals surface area contributed by atoms with Gasteiger partial charge < -0.3 is 14.9 Å². The Bertz CT molecular complexity index is 429. The molecule has 1 rings (SSSR count). The zero-order chi connectivity index (χ0) is 14.5. The van der Waals surface area contributed by atoms with Gasteiger partial charge in [-0.1, -0.05) is 48.2 Å². The molecular weight excluding hydrogens is 252 g/mol. The molecule has 0 aliphatic heterocycles. The van der Waals surface area contributed by atoms with Crippen LogP contribution in [0.25, 0.3) is 0 Å². The lowest BCUT2D eigenvalue weighted by Crippen LogP contribution is -2.14. The normalized spacial score (nSPS) is 12.1. The van der Waals surface area contributed by atoms with Gasteiger partial charge in [0.15, 0.2) is 0 Å². The molecule has 0 saturated carbocycles. The van der Waals surface area contributed by atoms with Gasteiger partial charge >= 0.3 is 0 Å². The van der Waals surface area contributed by atoms with Crippen molar-refractivity contribution in [2.75, 3.05) is 13.2 Å². The van der Waals surface area contributed by atoms with Crippen molar-refractivity contribution >= 4 is 0 Å². The summed E-state index contributed by atoms with van der Waals surface area (Å²) in [5.74, 6) is 5.78. The van der Waals surface area contributed by atoms with E-state index in [4.69, 9.17) is 9.84 Å². The standard InChI is InChI=1S/C17H22O3/c18-13-9-4-2-1-3-8-12-17(19)15-20-14-16-10-6-5-7-11-16/h3,5-8,10-11,17-19H,4,9,12-15H2/b8-3-. The quantitative estimate of drug-likeness (QED) is 0.565. The van der Waals surface area contributed by atoms with E-state index in [9.17, 15) is 5.11 Å². The van der Waals surface area contributed by atoms with Gasteiger partial charge in [-0.15, -0.1) is 0 Å². The van der Waals surface area contributed by atoms with Gasteiger partial charge in [-0.2, -0.15) is 0 Å². The van der Waals surface area contributed by atoms with Gasteiger partial charge in [0.1, 0.15) is 0 Å². The van der Waals surface area contributed by atoms with E-state index in [1.54, 1.807) is 6.08 Å². The molecule has 0 aliphatic carbocycles. The molecule has 1 aromatic rings. The number of ether oxygens (including phenoxy) is 1. The number of unbranched alkanes of at least 4 members (excludes halogenated alkanes) is 1. The van der Waals surface area contributed by atoms with Crippen molar-refractivity contribution in [3.63, 3.8) is 0 Å². The molecule has 0 amide bonds. The Morgan fingerprint density at radius 3 is 2.80 bits per heavy atom. The van der Waals surface area contributed by atoms with Crippen LogP contribution in [0.3, 0.4) is 0 Å². The van der Waals surface area contributed by atoms with E-state index < -0.39 is 6.10 Å². The fourth-order valence-corrected chi connectivity index (χ4v) is 1.54. The maximum atomic E-state index is 9.71. The first-order chi connectivity index (χ1) is 9.83. The van der Waals surface area contributed by atoms with Crippen LogP contribution >= 0.6 is 0 Å². The molecular formula is C17H22O3. The fourth-order valence-electron chi connectivity index (χ4n) is 1.54. The fraction of sp³-hybridized carbons (Fsp3) is 0.412. The molecule has 3 heteroatoms. The lowest BCUT2D eigenvalue weighted by molar-refractivity contribution is 0.0301. The van der Waals surface area contributed by atoms with Gasteiger partial charge in [-0.3, -0.25) is 0 Å². The van der Waals surface area contributed by atoms with Crippen LogP contribution in [0.5, 0.6) is 0 Å². The van der Waals surface area contributed by atoms with Gasteiger partial charge in [0, 0.05) is 13.0 Å². The van der Waals surface area contributed by atoms with E-state index in [0.29, 0.717) is 32.5 Å². The molecule has 108 valence electrons. The van der Waals surface area contributed by atoms with Crippen molar-refractivity contribution in [1.82, 2.24) is 0 Å². The lowest BCUT2D eigenvalue weighted by atomic mass is 10.2. The summed E-state index contributed by atoms with van der Waals surface area (Å²) in [6.07, 6.45) is 5.00. The molecule has 0 bridgehead atoms. The lowest BCUT2D eigenvalue weighted by Gasteiger charge is -2.08. The van der Waals surface area contributed by atoms with E-state index in [2.05, 4.69) is 11.8 Å². The van der Waals surface area contributed by atoms with Crippen molar-refractivity contribution in [3.8, 4) is 11.8 Å². The maximum absolute atomic E-state index is 9.71. The number of benzene rings is 1. The highest BCUT2D eigenvalue weighted by molar-refractivity contribution is 5.15. The Morgan fingerprint density at radius 1 is 1.25 bits per heavy atom. The molecule has 3 nitrogen and oxygen atoms in total. The minimum absolute atomic E-state index is 0.176. The Hall–Kier alpha value is -1.60. The van der Waals surface area contributed by atoms with Crippen LogP contribution in [0.15, 0.2) is 42.5 Å². The number of aliphatic hydroxyl groups excluding tert-OH is 2. The van der Waals surface area contributed by atoms with Crippen LogP contribution in [0.2, 0.25) is 0 Å². The first-order valence-electron chi connectivity index (χ1n) is 6.87. The molecule has 0 saturated heterocycles. The summed E-state index contributed by atoms with van der Waals surface area (Å²) in [6, 6.07) is 9.88. The third kappa shape index (κ3) is 8.49. The molecule has 0 fully saturated rings. The summed E-state index contributed by atoms with van der Waals surface area (Å²) in [5, 5.41) is 18.3. The smallest absolute Gasteiger partial charge is 0.0808 e. The molecule has 1 unspecified atom stereocenters. The highest BCUT2D eigenvalue weighted by Crippen LogP contribution is 2.02. The topological polar surface area (TPSA) is 49.7 Å². The minimum atomic E-state index is -0.505. The number of allylic oxidation sites excluding steroid dienone is 1. The highest BCUT2D eigenvalue weighted by Gasteiger charge is 2.01. The zero-order valence-electron chi connectivity index (χ0n) is 11.7. The van der Waals surface area contributed by atoms with Gasteiger partial charge in [0.05, 0.1) is 19.3 Å². The third-order valence-electron chi connectivity index (χ3n) is 2.59. The molecule has 0 heterocycles. The van der Waals surface area contributed by atoms with E-state index in [0.717, 1.165) is 5.56 Å². The monoisotopic (exact) mass is 274 g/mol. The second-order valence-electron chi connectivity index (χ2n) is 4.44. The first kappa shape index (κ1) is 16.5. The Balaban J connectivity index is 2.09. The van der Waals surface area contributed by atoms with Gasteiger partial charge in [-0.25, -0.2) is 0 Å². The molecule has 0 aliphatic rings. The van der Waals surface area contributed by atoms with Gasteiger partial charge in [-0.05, 0) is 24.5 Å². The predicted octanol–water partition coefficient (Wildman–Crippen LogP) is 2.29. The van der Waals surface area contributed by atoms with Gasteiger partial charge in [0.25, 0.3) is 0 Å². The zero-order valence-corrected chi connectivity index (χ0v) is 11.7. The summed E-state index contributed by atoms with van der Waals surface area (Å²) >= 11 is 0. The Morgan fingerprint density at radius 2 is 2.05 bits per heavy atom. The molecule has 0 aromatic heterocycles. The largest absolute Gasteiger partial charge is 0.396 e. The third-order valence-corrected chi connectivity index (χ3v) is 2.59. The SMILES string of the molecule is OCCCC#C/C=C\CC(O)COCc1ccccc1. The van der Waals surface area contributed by atoms with E-state index in [1.165, 1.54) is 0 Å². The molecule has 0 spiro atoms. The Labute approximate surface area is 120 Å². The maximum Gasteiger partial charge on any atom is 0.0808 e. The van der Waals surface area contributed by atoms with Crippen molar-refractivity contribution in [2.45, 2.75) is 32.0 Å². The number of aliphatic hydroxyl groups is 2. The van der Waals surface area contributed by atoms with Crippen LogP contribution in [0.4, 0.5) is 0 Å². The molecule has 1 aromatic carbocycles. The predicted molar refractivity (Wildman–Crippen MR) is 80.0 cm³/mol. The van der Waals surface area contributed by atoms with E-state index in [-0.39, 0.29) is 6.61 Å². The first-order valence-corrected chi connectivity index (χ1v) is 6.87. The van der Waals surface area contributed by atoms with Crippen molar-refractivity contribution in [3.05, 3.63) is 48.0 Å². The minimum Gasteiger partial charge on any atom is -0.396 e. The second kappa shape index (κ2) is 11.2. The van der Waals surface area contributed by atoms with Crippen LogP contribution in [-0.4, -0.2) is 29.5 Å². The highest BCUT2D eigenvalue weighted by atomic mass is 16.5. The van der Waals surface area contributed by atoms with Crippen molar-refractivity contribution in [2.24, 2.45) is 0 Å². The van der Waals surface area contributed by atoms with Crippen molar-refractivity contribution < 1.29 is 14.9 Å². The van der Waals surface area contributed by atoms with Gasteiger partial charge in [0.2, 0.25) is 0 Å². The average molecular weight is 274 g/mol. The summed E-state index contributed by atoms with van der Waals surface area (Å²) in [4.78, 5) is 0. The molecule has 2 N–H and O–H groups in total. The summed E-state index contributed by atoms with van der Waals surface area (Å²) in [5.41, 5.74) is 1.10.